The van der Waals surface area contributed by atoms with Crippen molar-refractivity contribution in [1.29, 1.82) is 0 Å². The number of hydrogen-bond donors (Lipinski definition) is 3. The third kappa shape index (κ3) is 2.12. The Balaban J connectivity index is 2.47. The minimum absolute atomic E-state index is 0.100. The highest BCUT2D eigenvalue weighted by Gasteiger charge is 2.21. The van der Waals surface area contributed by atoms with Crippen molar-refractivity contribution in [2.24, 2.45) is 0 Å². The number of aryl methyl sites for hydroxylation is 1. The summed E-state index contributed by atoms with van der Waals surface area (Å²) in [7, 11) is 0. The van der Waals surface area contributed by atoms with Gasteiger partial charge in [-0.1, -0.05) is 0 Å². The van der Waals surface area contributed by atoms with Gasteiger partial charge in [0.15, 0.2) is 0 Å². The second-order valence-electron chi connectivity index (χ2n) is 4.00. The zero-order chi connectivity index (χ0) is 13.3. The highest BCUT2D eigenvalue weighted by Crippen LogP contribution is 2.19. The van der Waals surface area contributed by atoms with Gasteiger partial charge in [-0.25, -0.2) is 4.98 Å². The van der Waals surface area contributed by atoms with Crippen molar-refractivity contribution in [1.82, 2.24) is 15.3 Å². The molecule has 0 radical (unpaired) electrons. The molecule has 0 saturated heterocycles. The molecule has 0 unspecified atom stereocenters. The molecule has 0 spiro atoms. The number of furan rings is 1. The molecule has 7 heteroatoms. The number of aliphatic hydroxyl groups is 1. The number of fused-ring (bicyclic) bond motifs is 1. The fourth-order valence-corrected chi connectivity index (χ4v) is 1.66. The van der Waals surface area contributed by atoms with Gasteiger partial charge in [0.1, 0.15) is 11.1 Å². The number of carbonyl (C=O) groups is 1. The Morgan fingerprint density at radius 2 is 2.39 bits per heavy atom. The molecule has 0 aromatic carbocycles. The third-order valence-electron chi connectivity index (χ3n) is 2.46. The van der Waals surface area contributed by atoms with Gasteiger partial charge in [-0.15, -0.1) is 0 Å². The maximum absolute atomic E-state index is 11.9. The van der Waals surface area contributed by atoms with E-state index in [9.17, 15) is 9.59 Å². The minimum Gasteiger partial charge on any atom is -0.442 e. The van der Waals surface area contributed by atoms with Crippen molar-refractivity contribution in [3.63, 3.8) is 0 Å². The summed E-state index contributed by atoms with van der Waals surface area (Å²) < 4.78 is 5.25. The maximum Gasteiger partial charge on any atom is 0.262 e. The van der Waals surface area contributed by atoms with Crippen LogP contribution in [0.1, 0.15) is 23.0 Å². The van der Waals surface area contributed by atoms with E-state index in [0.29, 0.717) is 5.76 Å². The topological polar surface area (TPSA) is 108 Å². The van der Waals surface area contributed by atoms with Gasteiger partial charge in [0, 0.05) is 6.54 Å². The Bertz CT molecular complexity index is 641. The van der Waals surface area contributed by atoms with Gasteiger partial charge in [0.25, 0.3) is 11.5 Å². The number of nitrogens with one attached hydrogen (secondary N) is 2. The number of nitrogens with zero attached hydrogens (tertiary/aromatic N) is 1. The molecule has 18 heavy (non-hydrogen) atoms. The number of rotatable bonds is 3. The number of aromatic nitrogens is 2. The Hall–Kier alpha value is -2.15. The Labute approximate surface area is 102 Å². The van der Waals surface area contributed by atoms with Gasteiger partial charge in [0.2, 0.25) is 5.71 Å². The lowest BCUT2D eigenvalue weighted by Gasteiger charge is -2.06. The molecule has 2 heterocycles. The molecule has 7 nitrogen and oxygen atoms in total. The smallest absolute Gasteiger partial charge is 0.262 e. The molecule has 0 aliphatic rings. The predicted octanol–water partition coefficient (Wildman–Crippen LogP) is -0.0649. The van der Waals surface area contributed by atoms with Crippen LogP contribution in [0.4, 0.5) is 0 Å². The molecule has 2 aromatic rings. The molecule has 0 aliphatic heterocycles. The maximum atomic E-state index is 11.9. The van der Waals surface area contributed by atoms with E-state index < -0.39 is 17.6 Å². The van der Waals surface area contributed by atoms with Crippen LogP contribution in [0.25, 0.3) is 11.1 Å². The lowest BCUT2D eigenvalue weighted by atomic mass is 10.2. The quantitative estimate of drug-likeness (QED) is 0.708. The number of aliphatic hydroxyl groups excluding tert-OH is 1. The normalized spacial score (nSPS) is 12.6. The van der Waals surface area contributed by atoms with Gasteiger partial charge < -0.3 is 19.8 Å². The Morgan fingerprint density at radius 3 is 3.06 bits per heavy atom. The fourth-order valence-electron chi connectivity index (χ4n) is 1.66. The van der Waals surface area contributed by atoms with E-state index in [0.717, 1.165) is 0 Å². The summed E-state index contributed by atoms with van der Waals surface area (Å²) >= 11 is 0. The Morgan fingerprint density at radius 1 is 1.67 bits per heavy atom. The lowest BCUT2D eigenvalue weighted by Crippen LogP contribution is -2.31. The van der Waals surface area contributed by atoms with E-state index in [4.69, 9.17) is 9.52 Å². The SMILES string of the molecule is Cc1oc2nc[nH]c(=O)c2c1C(=O)NC[C@@H](C)O. The number of carbonyl (C=O) groups excluding carboxylic acids is 1. The molecule has 0 bridgehead atoms. The van der Waals surface area contributed by atoms with Crippen molar-refractivity contribution >= 4 is 17.0 Å². The first kappa shape index (κ1) is 12.3. The summed E-state index contributed by atoms with van der Waals surface area (Å²) in [5, 5.41) is 11.8. The van der Waals surface area contributed by atoms with Crippen LogP contribution >= 0.6 is 0 Å². The molecular formula is C11H13N3O4. The van der Waals surface area contributed by atoms with Crippen LogP contribution in [0.2, 0.25) is 0 Å². The van der Waals surface area contributed by atoms with E-state index in [1.54, 1.807) is 13.8 Å². The molecule has 1 amide bonds. The molecule has 0 aliphatic carbocycles. The first-order valence-corrected chi connectivity index (χ1v) is 5.43. The second kappa shape index (κ2) is 4.61. The zero-order valence-corrected chi connectivity index (χ0v) is 9.98. The van der Waals surface area contributed by atoms with E-state index >= 15 is 0 Å². The van der Waals surface area contributed by atoms with Crippen molar-refractivity contribution in [3.05, 3.63) is 28.0 Å². The summed E-state index contributed by atoms with van der Waals surface area (Å²) in [4.78, 5) is 29.8. The monoisotopic (exact) mass is 251 g/mol. The summed E-state index contributed by atoms with van der Waals surface area (Å²) in [5.41, 5.74) is -0.155. The second-order valence-corrected chi connectivity index (χ2v) is 4.00. The van der Waals surface area contributed by atoms with Gasteiger partial charge in [-0.05, 0) is 13.8 Å². The van der Waals surface area contributed by atoms with Crippen molar-refractivity contribution < 1.29 is 14.3 Å². The van der Waals surface area contributed by atoms with Crippen molar-refractivity contribution in [2.75, 3.05) is 6.54 Å². The van der Waals surface area contributed by atoms with Crippen molar-refractivity contribution in [3.8, 4) is 0 Å². The van der Waals surface area contributed by atoms with Crippen LogP contribution in [-0.4, -0.2) is 33.6 Å². The summed E-state index contributed by atoms with van der Waals surface area (Å²) in [6.45, 7) is 3.23. The van der Waals surface area contributed by atoms with Crippen LogP contribution in [0.15, 0.2) is 15.5 Å². The van der Waals surface area contributed by atoms with Crippen LogP contribution in [0.5, 0.6) is 0 Å². The number of amides is 1. The van der Waals surface area contributed by atoms with E-state index in [-0.39, 0.29) is 23.2 Å². The van der Waals surface area contributed by atoms with Gasteiger partial charge >= 0.3 is 0 Å². The molecule has 96 valence electrons. The predicted molar refractivity (Wildman–Crippen MR) is 63.4 cm³/mol. The van der Waals surface area contributed by atoms with E-state index in [1.807, 2.05) is 0 Å². The highest BCUT2D eigenvalue weighted by atomic mass is 16.3. The van der Waals surface area contributed by atoms with Gasteiger partial charge in [-0.2, -0.15) is 0 Å². The van der Waals surface area contributed by atoms with Crippen LogP contribution in [0, 0.1) is 6.92 Å². The first-order chi connectivity index (χ1) is 8.50. The summed E-state index contributed by atoms with van der Waals surface area (Å²) in [5.74, 6) is -0.150. The molecule has 3 N–H and O–H groups in total. The van der Waals surface area contributed by atoms with E-state index in [1.165, 1.54) is 6.33 Å². The number of aromatic amines is 1. The average molecular weight is 251 g/mol. The van der Waals surface area contributed by atoms with Crippen LogP contribution < -0.4 is 10.9 Å². The third-order valence-corrected chi connectivity index (χ3v) is 2.46. The standard InChI is InChI=1S/C11H13N3O4/c1-5(15)3-12-9(16)7-6(2)18-11-8(7)10(17)13-4-14-11/h4-5,15H,3H2,1-2H3,(H,12,16)(H,13,14,17)/t5-/m1/s1. The van der Waals surface area contributed by atoms with Crippen LogP contribution in [0.3, 0.4) is 0 Å². The largest absolute Gasteiger partial charge is 0.442 e. The van der Waals surface area contributed by atoms with E-state index in [2.05, 4.69) is 15.3 Å². The van der Waals surface area contributed by atoms with Crippen LogP contribution in [-0.2, 0) is 0 Å². The lowest BCUT2D eigenvalue weighted by molar-refractivity contribution is 0.0924. The number of hydrogen-bond acceptors (Lipinski definition) is 5. The molecule has 0 saturated carbocycles. The summed E-state index contributed by atoms with van der Waals surface area (Å²) in [6, 6.07) is 0. The number of H-pyrrole nitrogens is 1. The molecule has 2 rings (SSSR count). The Kier molecular flexibility index (Phi) is 3.15. The van der Waals surface area contributed by atoms with Crippen molar-refractivity contribution in [2.45, 2.75) is 20.0 Å². The molecular weight excluding hydrogens is 238 g/mol. The molecule has 0 fully saturated rings. The minimum atomic E-state index is -0.663. The van der Waals surface area contributed by atoms with Gasteiger partial charge in [-0.3, -0.25) is 9.59 Å². The fraction of sp³-hybridized carbons (Fsp3) is 0.364. The first-order valence-electron chi connectivity index (χ1n) is 5.43. The molecule has 2 aromatic heterocycles. The van der Waals surface area contributed by atoms with Gasteiger partial charge in [0.05, 0.1) is 18.0 Å². The molecule has 1 atom stereocenters. The zero-order valence-electron chi connectivity index (χ0n) is 9.98. The summed E-state index contributed by atoms with van der Waals surface area (Å²) in [6.07, 6.45) is 0.550. The highest BCUT2D eigenvalue weighted by molar-refractivity contribution is 6.06. The average Bonchev–Trinajstić information content (AvgIpc) is 2.63.